The van der Waals surface area contributed by atoms with Crippen LogP contribution >= 0.6 is 23.1 Å². The summed E-state index contributed by atoms with van der Waals surface area (Å²) in [6.45, 7) is 3.90. The molecule has 0 aliphatic rings. The highest BCUT2D eigenvalue weighted by Gasteiger charge is 2.16. The van der Waals surface area contributed by atoms with Gasteiger partial charge in [-0.3, -0.25) is 4.79 Å². The number of rotatable bonds is 6. The fourth-order valence-corrected chi connectivity index (χ4v) is 4.08. The fourth-order valence-electron chi connectivity index (χ4n) is 2.39. The molecule has 0 spiro atoms. The Morgan fingerprint density at radius 3 is 2.74 bits per heavy atom. The first kappa shape index (κ1) is 19.5. The Kier molecular flexibility index (Phi) is 6.23. The van der Waals surface area contributed by atoms with Crippen molar-refractivity contribution in [2.24, 2.45) is 0 Å². The predicted octanol–water partition coefficient (Wildman–Crippen LogP) is 5.66. The molecule has 0 saturated carbocycles. The lowest BCUT2D eigenvalue weighted by molar-refractivity contribution is -0.115. The Balaban J connectivity index is 1.60. The molecule has 1 aromatic heterocycles. The number of hydrogen-bond donors (Lipinski definition) is 1. The van der Waals surface area contributed by atoms with Crippen molar-refractivity contribution in [2.45, 2.75) is 24.9 Å². The van der Waals surface area contributed by atoms with Crippen molar-refractivity contribution in [3.63, 3.8) is 0 Å². The van der Waals surface area contributed by atoms with Crippen LogP contribution in [0.3, 0.4) is 0 Å². The third kappa shape index (κ3) is 4.93. The topological polar surface area (TPSA) is 42.0 Å². The average Bonchev–Trinajstić information content (AvgIpc) is 3.11. The molecule has 1 atom stereocenters. The Morgan fingerprint density at radius 2 is 2.00 bits per heavy atom. The van der Waals surface area contributed by atoms with Crippen LogP contribution in [0.2, 0.25) is 0 Å². The number of aromatic nitrogens is 1. The first-order valence-corrected chi connectivity index (χ1v) is 10.2. The van der Waals surface area contributed by atoms with Gasteiger partial charge in [-0.25, -0.2) is 13.8 Å². The second-order valence-electron chi connectivity index (χ2n) is 6.04. The van der Waals surface area contributed by atoms with Gasteiger partial charge >= 0.3 is 0 Å². The SMILES string of the molecule is Cc1ccccc1CS[C@H](C)C(=O)Nc1nc(-c2ccc(F)c(F)c2)cs1. The number of aryl methyl sites for hydroxylation is 1. The number of halogens is 2. The van der Waals surface area contributed by atoms with Gasteiger partial charge in [-0.15, -0.1) is 23.1 Å². The molecule has 2 aromatic carbocycles. The van der Waals surface area contributed by atoms with Gasteiger partial charge in [0, 0.05) is 16.7 Å². The van der Waals surface area contributed by atoms with E-state index in [4.69, 9.17) is 0 Å². The fraction of sp³-hybridized carbons (Fsp3) is 0.200. The zero-order valence-corrected chi connectivity index (χ0v) is 16.5. The first-order valence-electron chi connectivity index (χ1n) is 8.32. The van der Waals surface area contributed by atoms with Crippen LogP contribution in [0.5, 0.6) is 0 Å². The molecule has 0 bridgehead atoms. The molecule has 1 N–H and O–H groups in total. The smallest absolute Gasteiger partial charge is 0.238 e. The highest BCUT2D eigenvalue weighted by molar-refractivity contribution is 7.99. The molecule has 1 amide bonds. The van der Waals surface area contributed by atoms with Crippen LogP contribution in [0.25, 0.3) is 11.3 Å². The molecule has 0 saturated heterocycles. The first-order chi connectivity index (χ1) is 12.9. The van der Waals surface area contributed by atoms with Crippen LogP contribution in [0.15, 0.2) is 47.8 Å². The van der Waals surface area contributed by atoms with E-state index in [1.807, 2.05) is 19.1 Å². The molecule has 1 heterocycles. The van der Waals surface area contributed by atoms with Crippen molar-refractivity contribution in [3.05, 3.63) is 70.6 Å². The van der Waals surface area contributed by atoms with Gasteiger partial charge in [0.25, 0.3) is 0 Å². The Labute approximate surface area is 164 Å². The molecule has 3 rings (SSSR count). The van der Waals surface area contributed by atoms with Gasteiger partial charge in [-0.2, -0.15) is 0 Å². The summed E-state index contributed by atoms with van der Waals surface area (Å²) in [5.41, 5.74) is 3.37. The maximum atomic E-state index is 13.4. The summed E-state index contributed by atoms with van der Waals surface area (Å²) in [5, 5.41) is 4.67. The molecular formula is C20H18F2N2OS2. The predicted molar refractivity (Wildman–Crippen MR) is 108 cm³/mol. The van der Waals surface area contributed by atoms with Crippen molar-refractivity contribution >= 4 is 34.1 Å². The standard InChI is InChI=1S/C20H18F2N2OS2/c1-12-5-3-4-6-15(12)10-26-13(2)19(25)24-20-23-18(11-27-20)14-7-8-16(21)17(22)9-14/h3-9,11,13H,10H2,1-2H3,(H,23,24,25)/t13-/m1/s1. The van der Waals surface area contributed by atoms with Gasteiger partial charge in [-0.05, 0) is 43.2 Å². The maximum absolute atomic E-state index is 13.4. The van der Waals surface area contributed by atoms with Crippen LogP contribution in [0.4, 0.5) is 13.9 Å². The summed E-state index contributed by atoms with van der Waals surface area (Å²) in [5.74, 6) is -1.21. The lowest BCUT2D eigenvalue weighted by Crippen LogP contribution is -2.22. The molecule has 3 aromatic rings. The molecule has 0 aliphatic carbocycles. The van der Waals surface area contributed by atoms with Crippen molar-refractivity contribution in [1.29, 1.82) is 0 Å². The summed E-state index contributed by atoms with van der Waals surface area (Å²) in [7, 11) is 0. The van der Waals surface area contributed by atoms with Gasteiger partial charge in [0.1, 0.15) is 0 Å². The van der Waals surface area contributed by atoms with Crippen molar-refractivity contribution < 1.29 is 13.6 Å². The summed E-state index contributed by atoms with van der Waals surface area (Å²) >= 11 is 2.80. The highest BCUT2D eigenvalue weighted by Crippen LogP contribution is 2.27. The number of nitrogens with one attached hydrogen (secondary N) is 1. The molecule has 3 nitrogen and oxygen atoms in total. The van der Waals surface area contributed by atoms with Crippen molar-refractivity contribution in [2.75, 3.05) is 5.32 Å². The number of carbonyl (C=O) groups excluding carboxylic acids is 1. The third-order valence-corrected chi connectivity index (χ3v) is 6.02. The van der Waals surface area contributed by atoms with E-state index in [2.05, 4.69) is 29.4 Å². The number of carbonyl (C=O) groups is 1. The monoisotopic (exact) mass is 404 g/mol. The van der Waals surface area contributed by atoms with E-state index in [0.717, 1.165) is 17.9 Å². The molecule has 0 fully saturated rings. The number of thiazole rings is 1. The molecule has 0 aliphatic heterocycles. The second-order valence-corrected chi connectivity index (χ2v) is 8.22. The number of amides is 1. The molecule has 27 heavy (non-hydrogen) atoms. The molecule has 140 valence electrons. The average molecular weight is 405 g/mol. The summed E-state index contributed by atoms with van der Waals surface area (Å²) in [6, 6.07) is 11.7. The van der Waals surface area contributed by atoms with Gasteiger partial charge < -0.3 is 5.32 Å². The summed E-state index contributed by atoms with van der Waals surface area (Å²) < 4.78 is 26.4. The molecule has 7 heteroatoms. The normalized spacial score (nSPS) is 12.0. The number of thioether (sulfide) groups is 1. The zero-order chi connectivity index (χ0) is 19.4. The zero-order valence-electron chi connectivity index (χ0n) is 14.8. The maximum Gasteiger partial charge on any atom is 0.238 e. The van der Waals surface area contributed by atoms with Crippen LogP contribution in [-0.2, 0) is 10.5 Å². The minimum Gasteiger partial charge on any atom is -0.301 e. The van der Waals surface area contributed by atoms with Crippen molar-refractivity contribution in [3.8, 4) is 11.3 Å². The Morgan fingerprint density at radius 1 is 1.22 bits per heavy atom. The van der Waals surface area contributed by atoms with Gasteiger partial charge in [0.05, 0.1) is 10.9 Å². The number of benzene rings is 2. The van der Waals surface area contributed by atoms with E-state index in [-0.39, 0.29) is 11.2 Å². The van der Waals surface area contributed by atoms with Crippen molar-refractivity contribution in [1.82, 2.24) is 4.98 Å². The lowest BCUT2D eigenvalue weighted by Gasteiger charge is -2.11. The van der Waals surface area contributed by atoms with Crippen LogP contribution in [0, 0.1) is 18.6 Å². The molecule has 0 radical (unpaired) electrons. The second kappa shape index (κ2) is 8.63. The summed E-state index contributed by atoms with van der Waals surface area (Å²) in [4.78, 5) is 16.7. The number of hydrogen-bond acceptors (Lipinski definition) is 4. The third-order valence-electron chi connectivity index (χ3n) is 4.07. The van der Waals surface area contributed by atoms with Gasteiger partial charge in [0.2, 0.25) is 5.91 Å². The Bertz CT molecular complexity index is 959. The van der Waals surface area contributed by atoms with E-state index in [1.54, 1.807) is 17.1 Å². The minimum atomic E-state index is -0.924. The van der Waals surface area contributed by atoms with Gasteiger partial charge in [0.15, 0.2) is 16.8 Å². The lowest BCUT2D eigenvalue weighted by atomic mass is 10.1. The van der Waals surface area contributed by atoms with Crippen LogP contribution < -0.4 is 5.32 Å². The van der Waals surface area contributed by atoms with E-state index in [9.17, 15) is 13.6 Å². The van der Waals surface area contributed by atoms with Crippen LogP contribution in [-0.4, -0.2) is 16.1 Å². The Hall–Kier alpha value is -2.25. The molecule has 0 unspecified atom stereocenters. The quantitative estimate of drug-likeness (QED) is 0.577. The number of anilines is 1. The summed E-state index contributed by atoms with van der Waals surface area (Å²) in [6.07, 6.45) is 0. The van der Waals surface area contributed by atoms with Crippen LogP contribution in [0.1, 0.15) is 18.1 Å². The number of nitrogens with zero attached hydrogens (tertiary/aromatic N) is 1. The largest absolute Gasteiger partial charge is 0.301 e. The van der Waals surface area contributed by atoms with E-state index < -0.39 is 11.6 Å². The minimum absolute atomic E-state index is 0.139. The highest BCUT2D eigenvalue weighted by atomic mass is 32.2. The van der Waals surface area contributed by atoms with Gasteiger partial charge in [-0.1, -0.05) is 24.3 Å². The van der Waals surface area contributed by atoms with E-state index in [0.29, 0.717) is 16.4 Å². The van der Waals surface area contributed by atoms with E-state index in [1.165, 1.54) is 28.5 Å². The molecular weight excluding hydrogens is 386 g/mol. The van der Waals surface area contributed by atoms with E-state index >= 15 is 0 Å².